The van der Waals surface area contributed by atoms with Gasteiger partial charge in [0.2, 0.25) is 15.7 Å². The number of rotatable bonds is 13. The van der Waals surface area contributed by atoms with Crippen molar-refractivity contribution in [3.63, 3.8) is 0 Å². The Balaban J connectivity index is 1.14. The number of imidazole rings is 1. The molecule has 0 spiro atoms. The molecule has 56 heavy (non-hydrogen) atoms. The number of nitrogens with two attached hydrogens (primary N) is 1. The summed E-state index contributed by atoms with van der Waals surface area (Å²) in [6.07, 6.45) is -3.13. The molecule has 1 aliphatic rings. The summed E-state index contributed by atoms with van der Waals surface area (Å²) in [5.74, 6) is -4.33. The molecule has 0 bridgehead atoms. The number of ether oxygens (including phenoxy) is 1. The number of aromatic nitrogens is 2. The second-order valence-electron chi connectivity index (χ2n) is 13.2. The second kappa shape index (κ2) is 16.6. The van der Waals surface area contributed by atoms with E-state index in [1.807, 2.05) is 4.57 Å². The molecule has 1 fully saturated rings. The van der Waals surface area contributed by atoms with Crippen LogP contribution in [0.5, 0.6) is 0 Å². The van der Waals surface area contributed by atoms with Gasteiger partial charge in [0.15, 0.2) is 6.10 Å². The molecule has 2 aromatic heterocycles. The number of fused-ring (bicyclic) bond motifs is 1. The van der Waals surface area contributed by atoms with Crippen LogP contribution in [0.25, 0.3) is 5.65 Å². The number of aliphatic carboxylic acids is 1. The number of hydrogen-bond donors (Lipinski definition) is 7. The number of hydrogen-bond acceptors (Lipinski definition) is 10. The molecule has 0 saturated carbocycles. The van der Waals surface area contributed by atoms with Crippen LogP contribution in [-0.4, -0.2) is 88.1 Å². The zero-order valence-corrected chi connectivity index (χ0v) is 30.3. The topological polar surface area (TPSA) is 234 Å². The minimum absolute atomic E-state index is 0.0187. The number of carbonyl (C=O) groups excluding carboxylic acids is 2. The van der Waals surface area contributed by atoms with Crippen LogP contribution in [0.4, 0.5) is 14.5 Å². The van der Waals surface area contributed by atoms with Gasteiger partial charge < -0.3 is 41.5 Å². The number of anilines is 1. The molecule has 3 aromatic carbocycles. The molecule has 0 unspecified atom stereocenters. The van der Waals surface area contributed by atoms with E-state index < -0.39 is 68.8 Å². The fraction of sp³-hybridized carbons (Fsp3) is 0.263. The van der Waals surface area contributed by atoms with Crippen molar-refractivity contribution in [1.82, 2.24) is 9.72 Å². The summed E-state index contributed by atoms with van der Waals surface area (Å²) in [6, 6.07) is 16.1. The summed E-state index contributed by atoms with van der Waals surface area (Å²) in [6.45, 7) is 0.466. The molecule has 5 atom stereocenters. The van der Waals surface area contributed by atoms with Gasteiger partial charge in [0.1, 0.15) is 55.1 Å². The predicted molar refractivity (Wildman–Crippen MR) is 193 cm³/mol. The lowest BCUT2D eigenvalue weighted by Gasteiger charge is -2.39. The van der Waals surface area contributed by atoms with E-state index in [0.717, 1.165) is 17.7 Å². The molecular weight excluding hydrogens is 757 g/mol. The summed E-state index contributed by atoms with van der Waals surface area (Å²) >= 11 is 0. The van der Waals surface area contributed by atoms with Gasteiger partial charge in [-0.25, -0.2) is 31.0 Å². The highest BCUT2D eigenvalue weighted by Crippen LogP contribution is 2.28. The van der Waals surface area contributed by atoms with E-state index in [0.29, 0.717) is 40.6 Å². The maximum absolute atomic E-state index is 13.6. The van der Waals surface area contributed by atoms with Crippen molar-refractivity contribution in [2.24, 2.45) is 5.73 Å². The molecule has 0 aliphatic carbocycles. The maximum Gasteiger partial charge on any atom is 0.335 e. The number of pyridine rings is 1. The highest BCUT2D eigenvalue weighted by atomic mass is 32.2. The highest BCUT2D eigenvalue weighted by Gasteiger charge is 2.46. The summed E-state index contributed by atoms with van der Waals surface area (Å²) in [5.41, 5.74) is 8.74. The molecule has 15 nitrogen and oxygen atoms in total. The van der Waals surface area contributed by atoms with Crippen LogP contribution in [0.1, 0.15) is 33.5 Å². The maximum atomic E-state index is 13.6. The zero-order valence-electron chi connectivity index (χ0n) is 29.5. The summed E-state index contributed by atoms with van der Waals surface area (Å²) in [7, 11) is -4.18. The number of aliphatic hydroxyl groups excluding tert-OH is 3. The van der Waals surface area contributed by atoms with Crippen molar-refractivity contribution in [3.8, 4) is 0 Å². The lowest BCUT2D eigenvalue weighted by atomic mass is 9.90. The first-order valence-electron chi connectivity index (χ1n) is 17.3. The van der Waals surface area contributed by atoms with Gasteiger partial charge in [-0.3, -0.25) is 9.59 Å². The monoisotopic (exact) mass is 794 g/mol. The van der Waals surface area contributed by atoms with Gasteiger partial charge in [0.05, 0.1) is 21.5 Å². The number of amides is 2. The normalized spacial score (nSPS) is 19.8. The number of carboxylic acid groups (broad SMARTS) is 1. The number of carboxylic acids is 1. The minimum atomic E-state index is -4.18. The first-order valence-corrected chi connectivity index (χ1v) is 18.8. The van der Waals surface area contributed by atoms with Crippen LogP contribution in [0.3, 0.4) is 0 Å². The molecule has 294 valence electrons. The average Bonchev–Trinajstić information content (AvgIpc) is 3.56. The summed E-state index contributed by atoms with van der Waals surface area (Å²) in [5, 5.41) is 45.9. The van der Waals surface area contributed by atoms with Gasteiger partial charge >= 0.3 is 5.97 Å². The molecule has 2 amide bonds. The fourth-order valence-corrected chi connectivity index (χ4v) is 7.66. The Kier molecular flexibility index (Phi) is 11.9. The Labute approximate surface area is 318 Å². The Morgan fingerprint density at radius 1 is 0.875 bits per heavy atom. The smallest absolute Gasteiger partial charge is 0.335 e. The van der Waals surface area contributed by atoms with E-state index >= 15 is 0 Å². The molecular formula is C38H38F2N5O10S+. The average molecular weight is 795 g/mol. The summed E-state index contributed by atoms with van der Waals surface area (Å²) < 4.78 is 62.0. The van der Waals surface area contributed by atoms with E-state index in [2.05, 4.69) is 10.6 Å². The molecule has 6 rings (SSSR count). The SMILES string of the molecule is NCCC(=O)Nc1cc(C[n+]2ccn3cc(C(=O)NCc4ccc(S(=O)(=O)c5cc(F)cc(F)c5)cc4)ccc32)ccc1C[C@@H]1O[C@H](C(=O)O)[C@@H](O)[C@H](O)[C@H]1O. The lowest BCUT2D eigenvalue weighted by molar-refractivity contribution is -0.661. The van der Waals surface area contributed by atoms with Crippen molar-refractivity contribution in [2.45, 2.75) is 66.2 Å². The molecule has 0 radical (unpaired) electrons. The van der Waals surface area contributed by atoms with Crippen molar-refractivity contribution < 1.29 is 61.3 Å². The fourth-order valence-electron chi connectivity index (χ4n) is 6.36. The van der Waals surface area contributed by atoms with Gasteiger partial charge in [0.25, 0.3) is 11.6 Å². The molecule has 5 aromatic rings. The van der Waals surface area contributed by atoms with Crippen LogP contribution < -0.4 is 20.9 Å². The Morgan fingerprint density at radius 2 is 1.57 bits per heavy atom. The number of halogens is 2. The number of benzene rings is 3. The number of carbonyl (C=O) groups is 3. The van der Waals surface area contributed by atoms with E-state index in [1.54, 1.807) is 53.3 Å². The largest absolute Gasteiger partial charge is 0.479 e. The molecule has 3 heterocycles. The third-order valence-corrected chi connectivity index (χ3v) is 11.1. The number of nitrogens with one attached hydrogen (secondary N) is 2. The van der Waals surface area contributed by atoms with E-state index in [9.17, 15) is 52.0 Å². The number of aliphatic hydroxyl groups is 3. The molecule has 1 aliphatic heterocycles. The Morgan fingerprint density at radius 3 is 2.25 bits per heavy atom. The van der Waals surface area contributed by atoms with Gasteiger partial charge in [-0.05, 0) is 53.1 Å². The Bertz CT molecular complexity index is 2370. The van der Waals surface area contributed by atoms with Crippen LogP contribution >= 0.6 is 0 Å². The minimum Gasteiger partial charge on any atom is -0.479 e. The number of sulfone groups is 1. The quantitative estimate of drug-likeness (QED) is 0.0834. The van der Waals surface area contributed by atoms with Crippen LogP contribution in [0, 0.1) is 11.6 Å². The van der Waals surface area contributed by atoms with Gasteiger partial charge in [-0.2, -0.15) is 0 Å². The van der Waals surface area contributed by atoms with Crippen molar-refractivity contribution in [3.05, 3.63) is 125 Å². The standard InChI is InChI=1S/C38H37F2N5O10S/c39-25-15-26(40)17-28(16-25)56(53,54)27-6-2-21(3-7-27)18-42-37(50)24-5-8-32-44(11-12-45(32)20-24)19-22-1-4-23(29(13-22)43-31(46)9-10-41)14-30-33(47)34(48)35(49)36(55-30)38(51)52/h1-8,11-13,15-17,20,30,33-36,47-49H,9-10,14,18-19,41H2,(H2-,42,43,46,50,51,52)/p+1/t30-,33-,34+,35-,36-/m0/s1. The van der Waals surface area contributed by atoms with E-state index in [1.165, 1.54) is 24.3 Å². The first-order chi connectivity index (χ1) is 26.6. The predicted octanol–water partition coefficient (Wildman–Crippen LogP) is 1.08. The van der Waals surface area contributed by atoms with Crippen molar-refractivity contribution in [2.75, 3.05) is 11.9 Å². The summed E-state index contributed by atoms with van der Waals surface area (Å²) in [4.78, 5) is 36.6. The molecule has 8 N–H and O–H groups in total. The van der Waals surface area contributed by atoms with Gasteiger partial charge in [-0.15, -0.1) is 0 Å². The molecule has 1 saturated heterocycles. The lowest BCUT2D eigenvalue weighted by Crippen LogP contribution is -2.60. The van der Waals surface area contributed by atoms with Crippen LogP contribution in [0.15, 0.2) is 101 Å². The number of nitrogens with zero attached hydrogens (tertiary/aromatic N) is 2. The van der Waals surface area contributed by atoms with Crippen LogP contribution in [0.2, 0.25) is 0 Å². The highest BCUT2D eigenvalue weighted by molar-refractivity contribution is 7.91. The van der Waals surface area contributed by atoms with Gasteiger partial charge in [0, 0.05) is 43.8 Å². The van der Waals surface area contributed by atoms with E-state index in [-0.39, 0.29) is 36.7 Å². The molecule has 18 heteroatoms. The van der Waals surface area contributed by atoms with Crippen molar-refractivity contribution >= 4 is 39.0 Å². The third kappa shape index (κ3) is 8.75. The second-order valence-corrected chi connectivity index (χ2v) is 15.2. The van der Waals surface area contributed by atoms with Gasteiger partial charge in [-0.1, -0.05) is 24.3 Å². The van der Waals surface area contributed by atoms with Crippen LogP contribution in [-0.2, 0) is 43.7 Å². The zero-order chi connectivity index (χ0) is 40.3. The Hall–Kier alpha value is -5.63. The first kappa shape index (κ1) is 40.0. The van der Waals surface area contributed by atoms with Crippen molar-refractivity contribution in [1.29, 1.82) is 0 Å². The van der Waals surface area contributed by atoms with E-state index in [4.69, 9.17) is 10.5 Å². The third-order valence-electron chi connectivity index (χ3n) is 9.30.